The van der Waals surface area contributed by atoms with E-state index in [0.717, 1.165) is 22.6 Å². The maximum absolute atomic E-state index is 14.2. The van der Waals surface area contributed by atoms with E-state index in [1.165, 1.54) is 13.2 Å². The van der Waals surface area contributed by atoms with E-state index in [4.69, 9.17) is 14.2 Å². The molecule has 8 heteroatoms. The van der Waals surface area contributed by atoms with Crippen molar-refractivity contribution in [1.82, 2.24) is 4.98 Å². The number of ether oxygens (including phenoxy) is 3. The second-order valence-electron chi connectivity index (χ2n) is 9.97. The van der Waals surface area contributed by atoms with Crippen molar-refractivity contribution in [3.63, 3.8) is 0 Å². The highest BCUT2D eigenvalue weighted by Crippen LogP contribution is 2.48. The molecule has 1 fully saturated rings. The van der Waals surface area contributed by atoms with Crippen molar-refractivity contribution in [2.45, 2.75) is 36.7 Å². The summed E-state index contributed by atoms with van der Waals surface area (Å²) >= 11 is 0. The number of sulfone groups is 1. The number of carbonyl (C=O) groups excluding carboxylic acids is 1. The van der Waals surface area contributed by atoms with Gasteiger partial charge >= 0.3 is 0 Å². The molecule has 4 aromatic rings. The first-order chi connectivity index (χ1) is 18.7. The fourth-order valence-corrected chi connectivity index (χ4v) is 6.86. The Morgan fingerprint density at radius 2 is 1.77 bits per heavy atom. The molecule has 0 bridgehead atoms. The van der Waals surface area contributed by atoms with Crippen molar-refractivity contribution in [2.75, 3.05) is 26.6 Å². The minimum absolute atomic E-state index is 0.0805. The van der Waals surface area contributed by atoms with E-state index in [0.29, 0.717) is 22.2 Å². The van der Waals surface area contributed by atoms with Gasteiger partial charge in [-0.05, 0) is 74.4 Å². The maximum atomic E-state index is 14.2. The average molecular weight is 546 g/mol. The van der Waals surface area contributed by atoms with E-state index in [9.17, 15) is 13.2 Å². The van der Waals surface area contributed by atoms with Crippen LogP contribution in [0.4, 0.5) is 0 Å². The van der Waals surface area contributed by atoms with E-state index in [-0.39, 0.29) is 23.8 Å². The lowest BCUT2D eigenvalue weighted by Crippen LogP contribution is -2.40. The molecule has 2 heterocycles. The van der Waals surface area contributed by atoms with E-state index in [1.54, 1.807) is 37.4 Å². The van der Waals surface area contributed by atoms with Gasteiger partial charge in [0.2, 0.25) is 0 Å². The average Bonchev–Trinajstić information content (AvgIpc) is 3.39. The van der Waals surface area contributed by atoms with Gasteiger partial charge in [-0.3, -0.25) is 9.78 Å². The number of benzene rings is 3. The van der Waals surface area contributed by atoms with Gasteiger partial charge in [0.25, 0.3) is 0 Å². The summed E-state index contributed by atoms with van der Waals surface area (Å²) in [6, 6.07) is 21.6. The van der Waals surface area contributed by atoms with Crippen LogP contribution >= 0.6 is 0 Å². The molecular weight excluding hydrogens is 514 g/mol. The zero-order valence-electron chi connectivity index (χ0n) is 22.4. The standard InChI is InChI=1S/C31H31NO6S/c1-20-8-15-28(37-4)26(16-20)31(17-23(18-38-31)22-10-12-24(36-3)13-11-22)30(33)19-39(34,35)29-7-5-6-27-25(29)14-9-21(2)32-27/h5-16,23H,17-19H2,1-4H3/t23-,31-/m1/s1. The number of methoxy groups -OCH3 is 2. The summed E-state index contributed by atoms with van der Waals surface area (Å²) in [6.45, 7) is 4.02. The maximum Gasteiger partial charge on any atom is 0.186 e. The first kappa shape index (κ1) is 26.8. The third-order valence-corrected chi connectivity index (χ3v) is 9.05. The summed E-state index contributed by atoms with van der Waals surface area (Å²) in [6.07, 6.45) is 0.282. The Morgan fingerprint density at radius 3 is 2.49 bits per heavy atom. The third kappa shape index (κ3) is 5.02. The van der Waals surface area contributed by atoms with Gasteiger partial charge in [-0.1, -0.05) is 29.8 Å². The largest absolute Gasteiger partial charge is 0.497 e. The van der Waals surface area contributed by atoms with Crippen LogP contribution in [0.2, 0.25) is 0 Å². The lowest BCUT2D eigenvalue weighted by molar-refractivity contribution is -0.137. The van der Waals surface area contributed by atoms with Crippen molar-refractivity contribution in [3.8, 4) is 11.5 Å². The highest BCUT2D eigenvalue weighted by Gasteiger charge is 2.51. The molecule has 0 amide bonds. The molecular formula is C31H31NO6S. The number of fused-ring (bicyclic) bond motifs is 1. The van der Waals surface area contributed by atoms with Crippen LogP contribution in [-0.2, 0) is 25.0 Å². The third-order valence-electron chi connectivity index (χ3n) is 7.38. The number of Topliss-reactive ketones (excluding diaryl/α,β-unsaturated/α-hetero) is 1. The number of carbonyl (C=O) groups is 1. The van der Waals surface area contributed by atoms with Crippen LogP contribution in [0.3, 0.4) is 0 Å². The van der Waals surface area contributed by atoms with Gasteiger partial charge in [0.05, 0.1) is 31.2 Å². The molecule has 0 N–H and O–H groups in total. The van der Waals surface area contributed by atoms with E-state index >= 15 is 0 Å². The molecule has 39 heavy (non-hydrogen) atoms. The van der Waals surface area contributed by atoms with Crippen LogP contribution in [-0.4, -0.2) is 45.8 Å². The zero-order chi connectivity index (χ0) is 27.8. The van der Waals surface area contributed by atoms with Crippen molar-refractivity contribution >= 4 is 26.5 Å². The molecule has 5 rings (SSSR count). The number of aryl methyl sites for hydroxylation is 2. The quantitative estimate of drug-likeness (QED) is 0.296. The zero-order valence-corrected chi connectivity index (χ0v) is 23.2. The van der Waals surface area contributed by atoms with E-state index in [1.807, 2.05) is 50.2 Å². The van der Waals surface area contributed by atoms with Crippen molar-refractivity contribution in [2.24, 2.45) is 0 Å². The molecule has 202 valence electrons. The summed E-state index contributed by atoms with van der Waals surface area (Å²) in [5.41, 5.74) is 2.28. The van der Waals surface area contributed by atoms with Gasteiger partial charge in [-0.2, -0.15) is 0 Å². The minimum Gasteiger partial charge on any atom is -0.497 e. The molecule has 1 aliphatic heterocycles. The molecule has 0 spiro atoms. The van der Waals surface area contributed by atoms with Gasteiger partial charge in [0.15, 0.2) is 21.2 Å². The summed E-state index contributed by atoms with van der Waals surface area (Å²) < 4.78 is 44.8. The van der Waals surface area contributed by atoms with E-state index in [2.05, 4.69) is 4.98 Å². The van der Waals surface area contributed by atoms with Crippen LogP contribution in [0.15, 0.2) is 77.7 Å². The lowest BCUT2D eigenvalue weighted by Gasteiger charge is -2.29. The van der Waals surface area contributed by atoms with Gasteiger partial charge in [-0.15, -0.1) is 0 Å². The Hall–Kier alpha value is -3.75. The molecule has 0 unspecified atom stereocenters. The van der Waals surface area contributed by atoms with Gasteiger partial charge in [0.1, 0.15) is 17.3 Å². The van der Waals surface area contributed by atoms with Crippen molar-refractivity contribution in [3.05, 3.63) is 95.2 Å². The molecule has 0 saturated carbocycles. The number of aromatic nitrogens is 1. The molecule has 7 nitrogen and oxygen atoms in total. The normalized spacial score (nSPS) is 19.2. The smallest absolute Gasteiger partial charge is 0.186 e. The van der Waals surface area contributed by atoms with Gasteiger partial charge < -0.3 is 14.2 Å². The Morgan fingerprint density at radius 1 is 1.00 bits per heavy atom. The topological polar surface area (TPSA) is 91.8 Å². The molecule has 0 radical (unpaired) electrons. The molecule has 2 atom stereocenters. The highest BCUT2D eigenvalue weighted by atomic mass is 32.2. The first-order valence-electron chi connectivity index (χ1n) is 12.7. The number of hydrogen-bond donors (Lipinski definition) is 0. The van der Waals surface area contributed by atoms with Crippen LogP contribution in [0.25, 0.3) is 10.9 Å². The lowest BCUT2D eigenvalue weighted by atomic mass is 9.81. The SMILES string of the molecule is COc1ccc([C@H]2CO[C@@](C(=O)CS(=O)(=O)c3cccc4nc(C)ccc34)(c3cc(C)ccc3OC)C2)cc1. The summed E-state index contributed by atoms with van der Waals surface area (Å²) in [5.74, 6) is -0.165. The predicted octanol–water partition coefficient (Wildman–Crippen LogP) is 5.31. The number of rotatable bonds is 8. The molecule has 1 aromatic heterocycles. The number of nitrogens with zero attached hydrogens (tertiary/aromatic N) is 1. The minimum atomic E-state index is -4.03. The van der Waals surface area contributed by atoms with Crippen LogP contribution < -0.4 is 9.47 Å². The van der Waals surface area contributed by atoms with Crippen LogP contribution in [0.1, 0.15) is 34.7 Å². The van der Waals surface area contributed by atoms with Gasteiger partial charge in [-0.25, -0.2) is 8.42 Å². The van der Waals surface area contributed by atoms with E-state index < -0.39 is 27.0 Å². The Bertz CT molecular complexity index is 1650. The second-order valence-corrected chi connectivity index (χ2v) is 11.9. The number of pyridine rings is 1. The van der Waals surface area contributed by atoms with Crippen LogP contribution in [0.5, 0.6) is 11.5 Å². The fraction of sp³-hybridized carbons (Fsp3) is 0.290. The summed E-state index contributed by atoms with van der Waals surface area (Å²) in [7, 11) is -0.892. The fourth-order valence-electron chi connectivity index (χ4n) is 5.33. The number of hydrogen-bond acceptors (Lipinski definition) is 7. The molecule has 1 aliphatic rings. The summed E-state index contributed by atoms with van der Waals surface area (Å²) in [4.78, 5) is 18.7. The van der Waals surface area contributed by atoms with Crippen molar-refractivity contribution in [1.29, 1.82) is 0 Å². The Labute approximate surface area is 228 Å². The molecule has 1 saturated heterocycles. The Kier molecular flexibility index (Phi) is 7.18. The molecule has 0 aliphatic carbocycles. The van der Waals surface area contributed by atoms with Crippen molar-refractivity contribution < 1.29 is 27.4 Å². The number of ketones is 1. The van der Waals surface area contributed by atoms with Gasteiger partial charge in [0, 0.05) is 22.6 Å². The molecule has 3 aromatic carbocycles. The highest BCUT2D eigenvalue weighted by molar-refractivity contribution is 7.92. The predicted molar refractivity (Wildman–Crippen MR) is 149 cm³/mol. The van der Waals surface area contributed by atoms with Crippen LogP contribution in [0, 0.1) is 13.8 Å². The summed E-state index contributed by atoms with van der Waals surface area (Å²) in [5, 5.41) is 0.488. The Balaban J connectivity index is 1.57. The second kappa shape index (κ2) is 10.4. The first-order valence-corrected chi connectivity index (χ1v) is 14.4. The monoisotopic (exact) mass is 545 g/mol.